The van der Waals surface area contributed by atoms with Gasteiger partial charge in [-0.1, -0.05) is 25.7 Å². The van der Waals surface area contributed by atoms with Crippen molar-refractivity contribution in [1.82, 2.24) is 4.31 Å². The van der Waals surface area contributed by atoms with Crippen molar-refractivity contribution < 1.29 is 13.2 Å². The van der Waals surface area contributed by atoms with Gasteiger partial charge >= 0.3 is 0 Å². The van der Waals surface area contributed by atoms with Gasteiger partial charge in [-0.2, -0.15) is 4.31 Å². The summed E-state index contributed by atoms with van der Waals surface area (Å²) in [6.45, 7) is 4.63. The second kappa shape index (κ2) is 7.29. The minimum absolute atomic E-state index is 0.132. The number of sulfonamides is 1. The van der Waals surface area contributed by atoms with Crippen LogP contribution in [-0.4, -0.2) is 39.5 Å². The number of methoxy groups -OCH3 is 1. The van der Waals surface area contributed by atoms with Gasteiger partial charge < -0.3 is 10.5 Å². The number of nitrogens with zero attached hydrogens (tertiary/aromatic N) is 1. The summed E-state index contributed by atoms with van der Waals surface area (Å²) in [4.78, 5) is 0.132. The van der Waals surface area contributed by atoms with E-state index in [0.717, 1.165) is 0 Å². The highest BCUT2D eigenvalue weighted by Crippen LogP contribution is 2.27. The van der Waals surface area contributed by atoms with Crippen LogP contribution < -0.4 is 10.5 Å². The highest BCUT2D eigenvalue weighted by molar-refractivity contribution is 7.89. The maximum atomic E-state index is 12.6. The Kier molecular flexibility index (Phi) is 6.02. The number of hydrogen-bond acceptors (Lipinski definition) is 4. The van der Waals surface area contributed by atoms with E-state index in [1.54, 1.807) is 26.0 Å². The fraction of sp³-hybridized carbons (Fsp3) is 0.429. The maximum absolute atomic E-state index is 12.6. The summed E-state index contributed by atoms with van der Waals surface area (Å²) in [7, 11) is -2.14. The van der Waals surface area contributed by atoms with Crippen LogP contribution in [-0.2, 0) is 10.0 Å². The van der Waals surface area contributed by atoms with Crippen LogP contribution in [0, 0.1) is 11.8 Å². The summed E-state index contributed by atoms with van der Waals surface area (Å²) in [6.07, 6.45) is 0. The zero-order valence-electron chi connectivity index (χ0n) is 12.0. The molecular weight excluding hydrogens is 276 g/mol. The molecule has 110 valence electrons. The average molecular weight is 296 g/mol. The van der Waals surface area contributed by atoms with Crippen LogP contribution >= 0.6 is 0 Å². The van der Waals surface area contributed by atoms with Gasteiger partial charge in [0.05, 0.1) is 13.7 Å². The SMILES string of the molecule is CCN(CC)S(=O)(=O)c1cc(C#CCN)ccc1OC. The number of ether oxygens (including phenoxy) is 1. The van der Waals surface area contributed by atoms with Crippen molar-refractivity contribution in [3.8, 4) is 17.6 Å². The van der Waals surface area contributed by atoms with Crippen LogP contribution in [0.5, 0.6) is 5.75 Å². The molecule has 0 atom stereocenters. The predicted octanol–water partition coefficient (Wildman–Crippen LogP) is 1.04. The molecule has 0 aliphatic heterocycles. The molecule has 0 unspecified atom stereocenters. The zero-order valence-corrected chi connectivity index (χ0v) is 12.8. The Hall–Kier alpha value is -1.55. The highest BCUT2D eigenvalue weighted by Gasteiger charge is 2.25. The number of nitrogens with two attached hydrogens (primary N) is 1. The molecule has 6 heteroatoms. The van der Waals surface area contributed by atoms with Gasteiger partial charge in [0.2, 0.25) is 10.0 Å². The summed E-state index contributed by atoms with van der Waals surface area (Å²) in [5, 5.41) is 0. The van der Waals surface area contributed by atoms with Gasteiger partial charge in [-0.05, 0) is 18.2 Å². The van der Waals surface area contributed by atoms with Crippen molar-refractivity contribution in [2.75, 3.05) is 26.7 Å². The van der Waals surface area contributed by atoms with E-state index in [4.69, 9.17) is 10.5 Å². The van der Waals surface area contributed by atoms with E-state index >= 15 is 0 Å². The summed E-state index contributed by atoms with van der Waals surface area (Å²) >= 11 is 0. The average Bonchev–Trinajstić information content (AvgIpc) is 2.45. The number of rotatable bonds is 5. The summed E-state index contributed by atoms with van der Waals surface area (Å²) < 4.78 is 31.7. The molecule has 0 heterocycles. The monoisotopic (exact) mass is 296 g/mol. The fourth-order valence-corrected chi connectivity index (χ4v) is 3.45. The Labute approximate surface area is 120 Å². The minimum atomic E-state index is -3.58. The van der Waals surface area contributed by atoms with Crippen molar-refractivity contribution in [1.29, 1.82) is 0 Å². The maximum Gasteiger partial charge on any atom is 0.246 e. The second-order valence-electron chi connectivity index (χ2n) is 3.96. The van der Waals surface area contributed by atoms with Crippen molar-refractivity contribution in [3.63, 3.8) is 0 Å². The van der Waals surface area contributed by atoms with Crippen molar-refractivity contribution >= 4 is 10.0 Å². The lowest BCUT2D eigenvalue weighted by Gasteiger charge is -2.20. The molecule has 0 saturated heterocycles. The molecule has 0 amide bonds. The molecule has 0 aromatic heterocycles. The molecule has 20 heavy (non-hydrogen) atoms. The number of benzene rings is 1. The largest absolute Gasteiger partial charge is 0.495 e. The highest BCUT2D eigenvalue weighted by atomic mass is 32.2. The van der Waals surface area contributed by atoms with Gasteiger partial charge in [0.1, 0.15) is 10.6 Å². The molecular formula is C14H20N2O3S. The van der Waals surface area contributed by atoms with Gasteiger partial charge in [-0.25, -0.2) is 8.42 Å². The topological polar surface area (TPSA) is 72.6 Å². The van der Waals surface area contributed by atoms with E-state index in [1.807, 2.05) is 0 Å². The molecule has 0 spiro atoms. The molecule has 0 aliphatic carbocycles. The zero-order chi connectivity index (χ0) is 15.2. The van der Waals surface area contributed by atoms with Crippen LogP contribution in [0.4, 0.5) is 0 Å². The second-order valence-corrected chi connectivity index (χ2v) is 5.87. The van der Waals surface area contributed by atoms with Gasteiger partial charge in [0.25, 0.3) is 0 Å². The number of hydrogen-bond donors (Lipinski definition) is 1. The molecule has 5 nitrogen and oxygen atoms in total. The van der Waals surface area contributed by atoms with Crippen molar-refractivity contribution in [2.24, 2.45) is 5.73 Å². The van der Waals surface area contributed by atoms with Gasteiger partial charge in [0.15, 0.2) is 0 Å². The Balaban J connectivity index is 3.40. The van der Waals surface area contributed by atoms with Gasteiger partial charge in [-0.3, -0.25) is 0 Å². The predicted molar refractivity (Wildman–Crippen MR) is 79.0 cm³/mol. The third kappa shape index (κ3) is 3.51. The summed E-state index contributed by atoms with van der Waals surface area (Å²) in [5.74, 6) is 5.85. The first-order valence-corrected chi connectivity index (χ1v) is 7.82. The minimum Gasteiger partial charge on any atom is -0.495 e. The molecule has 0 fully saturated rings. The van der Waals surface area contributed by atoms with E-state index in [9.17, 15) is 8.42 Å². The molecule has 2 N–H and O–H groups in total. The Morgan fingerprint density at radius 2 is 1.95 bits per heavy atom. The molecule has 1 aromatic carbocycles. The Morgan fingerprint density at radius 3 is 2.45 bits per heavy atom. The standard InChI is InChI=1S/C14H20N2O3S/c1-4-16(5-2)20(17,18)14-11-12(7-6-10-15)8-9-13(14)19-3/h8-9,11H,4-5,10,15H2,1-3H3. The fourth-order valence-electron chi connectivity index (χ4n) is 1.81. The molecule has 1 rings (SSSR count). The first-order chi connectivity index (χ1) is 9.51. The lowest BCUT2D eigenvalue weighted by atomic mass is 10.2. The van der Waals surface area contributed by atoms with Crippen molar-refractivity contribution in [2.45, 2.75) is 18.7 Å². The van der Waals surface area contributed by atoms with Crippen molar-refractivity contribution in [3.05, 3.63) is 23.8 Å². The van der Waals surface area contributed by atoms with Crippen LogP contribution in [0.25, 0.3) is 0 Å². The normalized spacial score (nSPS) is 11.1. The molecule has 1 aromatic rings. The summed E-state index contributed by atoms with van der Waals surface area (Å²) in [5.41, 5.74) is 5.92. The van der Waals surface area contributed by atoms with Gasteiger partial charge in [-0.15, -0.1) is 0 Å². The Bertz CT molecular complexity index is 611. The third-order valence-corrected chi connectivity index (χ3v) is 4.89. The van der Waals surface area contributed by atoms with E-state index in [0.29, 0.717) is 24.4 Å². The molecule has 0 radical (unpaired) electrons. The van der Waals surface area contributed by atoms with E-state index < -0.39 is 10.0 Å². The molecule has 0 saturated carbocycles. The smallest absolute Gasteiger partial charge is 0.246 e. The van der Waals surface area contributed by atoms with E-state index in [-0.39, 0.29) is 11.4 Å². The first kappa shape index (κ1) is 16.5. The first-order valence-electron chi connectivity index (χ1n) is 6.38. The third-order valence-electron chi connectivity index (χ3n) is 2.82. The van der Waals surface area contributed by atoms with Crippen LogP contribution in [0.2, 0.25) is 0 Å². The van der Waals surface area contributed by atoms with E-state index in [1.165, 1.54) is 17.5 Å². The lowest BCUT2D eigenvalue weighted by molar-refractivity contribution is 0.395. The molecule has 0 bridgehead atoms. The Morgan fingerprint density at radius 1 is 1.30 bits per heavy atom. The van der Waals surface area contributed by atoms with Crippen LogP contribution in [0.15, 0.2) is 23.1 Å². The van der Waals surface area contributed by atoms with Gasteiger partial charge in [0, 0.05) is 18.7 Å². The van der Waals surface area contributed by atoms with Crippen LogP contribution in [0.3, 0.4) is 0 Å². The van der Waals surface area contributed by atoms with Crippen LogP contribution in [0.1, 0.15) is 19.4 Å². The molecule has 0 aliphatic rings. The summed E-state index contributed by atoms with van der Waals surface area (Å²) in [6, 6.07) is 4.84. The lowest BCUT2D eigenvalue weighted by Crippen LogP contribution is -2.31. The quantitative estimate of drug-likeness (QED) is 0.824. The van der Waals surface area contributed by atoms with E-state index in [2.05, 4.69) is 11.8 Å².